The Balaban J connectivity index is 1.20. The second kappa shape index (κ2) is 10.4. The number of thiazole rings is 1. The molecule has 0 atom stereocenters. The van der Waals surface area contributed by atoms with Gasteiger partial charge in [0.15, 0.2) is 5.82 Å². The van der Waals surface area contributed by atoms with Crippen LogP contribution in [0.4, 0.5) is 23.2 Å². The van der Waals surface area contributed by atoms with Crippen LogP contribution in [0.2, 0.25) is 0 Å². The molecular formula is C28H17F4N5O2S. The first-order valence-electron chi connectivity index (χ1n) is 11.9. The fourth-order valence-electron chi connectivity index (χ4n) is 4.19. The summed E-state index contributed by atoms with van der Waals surface area (Å²) >= 11 is 1.52. The summed E-state index contributed by atoms with van der Waals surface area (Å²) in [5.74, 6) is -4.06. The molecule has 0 fully saturated rings. The predicted octanol–water partition coefficient (Wildman–Crippen LogP) is 6.41. The Bertz CT molecular complexity index is 1940. The molecular weight excluding hydrogens is 546 g/mol. The summed E-state index contributed by atoms with van der Waals surface area (Å²) in [4.78, 5) is 24.5. The van der Waals surface area contributed by atoms with E-state index in [-0.39, 0.29) is 23.6 Å². The van der Waals surface area contributed by atoms with E-state index in [0.29, 0.717) is 29.8 Å². The third-order valence-electron chi connectivity index (χ3n) is 6.16. The van der Waals surface area contributed by atoms with Crippen molar-refractivity contribution in [1.29, 1.82) is 0 Å². The standard InChI is InChI=1S/C28H17F4N5O2S/c29-16-6-21(30)20(22(31)7-16)12-37-13-35-27(38)19-9-18(2-4-25(19)37)39-28-23(32)5-15(11-34-28)10-33-17-1-3-24-26(8-17)40-14-36-24/h1-9,11,13-14,33H,10,12H2. The van der Waals surface area contributed by atoms with Gasteiger partial charge >= 0.3 is 0 Å². The Morgan fingerprint density at radius 3 is 2.52 bits per heavy atom. The summed E-state index contributed by atoms with van der Waals surface area (Å²) in [6.07, 6.45) is 2.61. The van der Waals surface area contributed by atoms with E-state index in [1.165, 1.54) is 46.4 Å². The van der Waals surface area contributed by atoms with Crippen LogP contribution in [-0.2, 0) is 13.1 Å². The van der Waals surface area contributed by atoms with Gasteiger partial charge in [-0.1, -0.05) is 0 Å². The highest BCUT2D eigenvalue weighted by molar-refractivity contribution is 7.16. The Morgan fingerprint density at radius 1 is 0.900 bits per heavy atom. The minimum Gasteiger partial charge on any atom is -0.436 e. The molecule has 0 saturated carbocycles. The van der Waals surface area contributed by atoms with E-state index in [2.05, 4.69) is 20.3 Å². The van der Waals surface area contributed by atoms with Crippen molar-refractivity contribution in [2.24, 2.45) is 0 Å². The SMILES string of the molecule is O=c1ncn(Cc2c(F)cc(F)cc2F)c2ccc(Oc3ncc(CNc4ccc5ncsc5c4)cc3F)cc12. The number of fused-ring (bicyclic) bond motifs is 2. The molecule has 3 aromatic carbocycles. The van der Waals surface area contributed by atoms with Gasteiger partial charge in [-0.2, -0.15) is 4.98 Å². The van der Waals surface area contributed by atoms with Gasteiger partial charge in [0.05, 0.1) is 39.5 Å². The van der Waals surface area contributed by atoms with Crippen molar-refractivity contribution < 1.29 is 22.3 Å². The van der Waals surface area contributed by atoms with Crippen LogP contribution in [0.1, 0.15) is 11.1 Å². The largest absolute Gasteiger partial charge is 0.436 e. The smallest absolute Gasteiger partial charge is 0.280 e. The summed E-state index contributed by atoms with van der Waals surface area (Å²) < 4.78 is 64.4. The second-order valence-electron chi connectivity index (χ2n) is 8.83. The zero-order valence-electron chi connectivity index (χ0n) is 20.4. The lowest BCUT2D eigenvalue weighted by molar-refractivity contribution is 0.422. The summed E-state index contributed by atoms with van der Waals surface area (Å²) in [7, 11) is 0. The van der Waals surface area contributed by atoms with E-state index in [1.54, 1.807) is 5.51 Å². The summed E-state index contributed by atoms with van der Waals surface area (Å²) in [5, 5.41) is 3.29. The van der Waals surface area contributed by atoms with Gasteiger partial charge in [-0.05, 0) is 48.0 Å². The van der Waals surface area contributed by atoms with Crippen LogP contribution < -0.4 is 15.6 Å². The van der Waals surface area contributed by atoms with Crippen molar-refractivity contribution in [2.75, 3.05) is 5.32 Å². The van der Waals surface area contributed by atoms with E-state index in [4.69, 9.17) is 4.74 Å². The Hall–Kier alpha value is -4.84. The van der Waals surface area contributed by atoms with Crippen molar-refractivity contribution >= 4 is 38.1 Å². The van der Waals surface area contributed by atoms with Gasteiger partial charge in [-0.15, -0.1) is 11.3 Å². The molecule has 0 saturated heterocycles. The van der Waals surface area contributed by atoms with Crippen LogP contribution in [-0.4, -0.2) is 19.5 Å². The predicted molar refractivity (Wildman–Crippen MR) is 143 cm³/mol. The highest BCUT2D eigenvalue weighted by atomic mass is 32.1. The van der Waals surface area contributed by atoms with Crippen molar-refractivity contribution in [3.63, 3.8) is 0 Å². The Labute approximate surface area is 227 Å². The summed E-state index contributed by atoms with van der Waals surface area (Å²) in [5.41, 5.74) is 3.40. The number of rotatable bonds is 7. The van der Waals surface area contributed by atoms with E-state index < -0.39 is 34.4 Å². The molecule has 0 aliphatic rings. The number of pyridine rings is 1. The van der Waals surface area contributed by atoms with Gasteiger partial charge in [-0.3, -0.25) is 4.79 Å². The van der Waals surface area contributed by atoms with E-state index >= 15 is 0 Å². The monoisotopic (exact) mass is 563 g/mol. The molecule has 6 aromatic rings. The average molecular weight is 564 g/mol. The number of hydrogen-bond acceptors (Lipinski definition) is 7. The lowest BCUT2D eigenvalue weighted by atomic mass is 10.1. The molecule has 3 aromatic heterocycles. The van der Waals surface area contributed by atoms with Crippen LogP contribution in [0.15, 0.2) is 77.4 Å². The third kappa shape index (κ3) is 5.08. The maximum Gasteiger partial charge on any atom is 0.280 e. The fourth-order valence-corrected chi connectivity index (χ4v) is 4.91. The molecule has 7 nitrogen and oxygen atoms in total. The minimum absolute atomic E-state index is 0.0714. The van der Waals surface area contributed by atoms with Crippen molar-refractivity contribution in [1.82, 2.24) is 19.5 Å². The van der Waals surface area contributed by atoms with Crippen LogP contribution in [0.25, 0.3) is 21.1 Å². The number of nitrogens with zero attached hydrogens (tertiary/aromatic N) is 4. The number of nitrogens with one attached hydrogen (secondary N) is 1. The highest BCUT2D eigenvalue weighted by Gasteiger charge is 2.15. The first-order chi connectivity index (χ1) is 19.3. The second-order valence-corrected chi connectivity index (χ2v) is 9.71. The maximum absolute atomic E-state index is 14.8. The van der Waals surface area contributed by atoms with Crippen molar-refractivity contribution in [3.8, 4) is 11.6 Å². The average Bonchev–Trinajstić information content (AvgIpc) is 3.40. The lowest BCUT2D eigenvalue weighted by Gasteiger charge is -2.13. The van der Waals surface area contributed by atoms with Crippen LogP contribution in [0, 0.1) is 23.3 Å². The minimum atomic E-state index is -1.06. The third-order valence-corrected chi connectivity index (χ3v) is 6.95. The van der Waals surface area contributed by atoms with Crippen LogP contribution in [0.3, 0.4) is 0 Å². The van der Waals surface area contributed by atoms with Gasteiger partial charge in [0.1, 0.15) is 23.2 Å². The molecule has 0 amide bonds. The number of anilines is 1. The maximum atomic E-state index is 14.8. The zero-order chi connectivity index (χ0) is 27.8. The molecule has 0 spiro atoms. The quantitative estimate of drug-likeness (QED) is 0.226. The lowest BCUT2D eigenvalue weighted by Crippen LogP contribution is -2.14. The van der Waals surface area contributed by atoms with Crippen molar-refractivity contribution in [2.45, 2.75) is 13.1 Å². The molecule has 40 heavy (non-hydrogen) atoms. The summed E-state index contributed by atoms with van der Waals surface area (Å²) in [6.45, 7) is -0.0172. The van der Waals surface area contributed by atoms with Gasteiger partial charge in [0, 0.05) is 36.1 Å². The van der Waals surface area contributed by atoms with Gasteiger partial charge < -0.3 is 14.6 Å². The molecule has 3 heterocycles. The number of halogens is 4. The number of benzene rings is 3. The van der Waals surface area contributed by atoms with Gasteiger partial charge in [0.2, 0.25) is 0 Å². The Morgan fingerprint density at radius 2 is 1.73 bits per heavy atom. The summed E-state index contributed by atoms with van der Waals surface area (Å²) in [6, 6.07) is 12.5. The number of aromatic nitrogens is 4. The molecule has 200 valence electrons. The van der Waals surface area contributed by atoms with Crippen LogP contribution in [0.5, 0.6) is 11.6 Å². The first-order valence-corrected chi connectivity index (χ1v) is 12.7. The Kier molecular flexibility index (Phi) is 6.60. The fraction of sp³-hybridized carbons (Fsp3) is 0.0714. The normalized spacial score (nSPS) is 11.3. The molecule has 0 unspecified atom stereocenters. The first kappa shape index (κ1) is 25.4. The number of ether oxygens (including phenoxy) is 1. The zero-order valence-corrected chi connectivity index (χ0v) is 21.2. The molecule has 12 heteroatoms. The van der Waals surface area contributed by atoms with Gasteiger partial charge in [0.25, 0.3) is 11.4 Å². The highest BCUT2D eigenvalue weighted by Crippen LogP contribution is 2.27. The van der Waals surface area contributed by atoms with Crippen molar-refractivity contribution in [3.05, 3.63) is 117 Å². The molecule has 0 aliphatic heterocycles. The molecule has 0 radical (unpaired) electrons. The molecule has 6 rings (SSSR count). The molecule has 0 bridgehead atoms. The van der Waals surface area contributed by atoms with Gasteiger partial charge in [-0.25, -0.2) is 27.5 Å². The number of hydrogen-bond donors (Lipinski definition) is 1. The van der Waals surface area contributed by atoms with E-state index in [9.17, 15) is 22.4 Å². The van der Waals surface area contributed by atoms with E-state index in [0.717, 1.165) is 22.2 Å². The van der Waals surface area contributed by atoms with Crippen LogP contribution >= 0.6 is 11.3 Å². The topological polar surface area (TPSA) is 81.9 Å². The van der Waals surface area contributed by atoms with E-state index in [1.807, 2.05) is 18.2 Å². The molecule has 0 aliphatic carbocycles. The molecule has 1 N–H and O–H groups in total.